The van der Waals surface area contributed by atoms with E-state index in [1.807, 2.05) is 16.7 Å². The summed E-state index contributed by atoms with van der Waals surface area (Å²) in [5, 5.41) is 3.19. The van der Waals surface area contributed by atoms with E-state index in [1.165, 1.54) is 4.88 Å². The molecular formula is C19H20ClNO2S2. The largest absolute Gasteiger partial charge is 0.342 e. The number of thioether (sulfide) groups is 1. The van der Waals surface area contributed by atoms with E-state index < -0.39 is 0 Å². The molecule has 25 heavy (non-hydrogen) atoms. The van der Waals surface area contributed by atoms with E-state index in [1.54, 1.807) is 35.6 Å². The molecule has 132 valence electrons. The van der Waals surface area contributed by atoms with Gasteiger partial charge in [0.05, 0.1) is 0 Å². The van der Waals surface area contributed by atoms with Crippen LogP contribution >= 0.6 is 34.7 Å². The minimum atomic E-state index is -0.00863. The van der Waals surface area contributed by atoms with Crippen molar-refractivity contribution in [2.24, 2.45) is 0 Å². The molecule has 3 rings (SSSR count). The Morgan fingerprint density at radius 2 is 1.92 bits per heavy atom. The number of thiophene rings is 1. The van der Waals surface area contributed by atoms with E-state index in [2.05, 4.69) is 17.5 Å². The van der Waals surface area contributed by atoms with E-state index in [0.717, 1.165) is 25.3 Å². The third-order valence-corrected chi connectivity index (χ3v) is 6.98. The molecule has 0 aliphatic carbocycles. The van der Waals surface area contributed by atoms with Crippen LogP contribution in [0.4, 0.5) is 0 Å². The Morgan fingerprint density at radius 3 is 2.64 bits per heavy atom. The molecule has 1 aliphatic rings. The van der Waals surface area contributed by atoms with Crippen LogP contribution in [0.25, 0.3) is 0 Å². The van der Waals surface area contributed by atoms with Crippen LogP contribution in [0.1, 0.15) is 39.7 Å². The lowest BCUT2D eigenvalue weighted by Crippen LogP contribution is -2.33. The van der Waals surface area contributed by atoms with Crippen molar-refractivity contribution in [1.82, 2.24) is 4.90 Å². The highest BCUT2D eigenvalue weighted by molar-refractivity contribution is 7.99. The number of hydrogen-bond acceptors (Lipinski definition) is 4. The maximum absolute atomic E-state index is 12.5. The van der Waals surface area contributed by atoms with Crippen LogP contribution in [0.15, 0.2) is 41.8 Å². The molecule has 1 aromatic carbocycles. The van der Waals surface area contributed by atoms with Gasteiger partial charge in [-0.05, 0) is 42.1 Å². The standard InChI is InChI=1S/C19H20ClNO2S2/c20-15-5-3-14(4-6-15)16(22)7-8-19(23)21-10-9-18(25-13-11-21)17-2-1-12-24-17/h1-6,12,18H,7-11,13H2. The van der Waals surface area contributed by atoms with Gasteiger partial charge in [0.2, 0.25) is 5.91 Å². The van der Waals surface area contributed by atoms with Gasteiger partial charge >= 0.3 is 0 Å². The molecule has 2 aromatic rings. The number of rotatable bonds is 5. The average molecular weight is 394 g/mol. The van der Waals surface area contributed by atoms with Gasteiger partial charge in [0, 0.05) is 52.4 Å². The Balaban J connectivity index is 1.49. The van der Waals surface area contributed by atoms with Crippen LogP contribution in [0.3, 0.4) is 0 Å². The molecule has 2 heterocycles. The van der Waals surface area contributed by atoms with Crippen LogP contribution in [-0.4, -0.2) is 35.4 Å². The summed E-state index contributed by atoms with van der Waals surface area (Å²) in [6.45, 7) is 1.53. The molecule has 1 fully saturated rings. The van der Waals surface area contributed by atoms with Gasteiger partial charge in [0.25, 0.3) is 0 Å². The monoisotopic (exact) mass is 393 g/mol. The number of Topliss-reactive ketones (excluding diaryl/α,β-unsaturated/α-hetero) is 1. The van der Waals surface area contributed by atoms with E-state index in [0.29, 0.717) is 15.8 Å². The summed E-state index contributed by atoms with van der Waals surface area (Å²) < 4.78 is 0. The normalized spacial score (nSPS) is 18.0. The highest BCUT2D eigenvalue weighted by atomic mass is 35.5. The molecule has 1 amide bonds. The van der Waals surface area contributed by atoms with Crippen molar-refractivity contribution in [3.8, 4) is 0 Å². The first-order valence-electron chi connectivity index (χ1n) is 8.35. The fraction of sp³-hybridized carbons (Fsp3) is 0.368. The van der Waals surface area contributed by atoms with Crippen molar-refractivity contribution in [2.45, 2.75) is 24.5 Å². The van der Waals surface area contributed by atoms with Gasteiger partial charge in [0.1, 0.15) is 0 Å². The molecule has 0 spiro atoms. The maximum Gasteiger partial charge on any atom is 0.223 e. The third kappa shape index (κ3) is 5.09. The zero-order valence-electron chi connectivity index (χ0n) is 13.8. The lowest BCUT2D eigenvalue weighted by molar-refractivity contribution is -0.130. The van der Waals surface area contributed by atoms with Crippen molar-refractivity contribution in [3.05, 3.63) is 57.2 Å². The number of nitrogens with zero attached hydrogens (tertiary/aromatic N) is 1. The number of ketones is 1. The van der Waals surface area contributed by atoms with Crippen molar-refractivity contribution < 1.29 is 9.59 Å². The number of carbonyl (C=O) groups is 2. The Kier molecular flexibility index (Phi) is 6.57. The van der Waals surface area contributed by atoms with Crippen LogP contribution in [-0.2, 0) is 4.79 Å². The fourth-order valence-corrected chi connectivity index (χ4v) is 5.24. The first kappa shape index (κ1) is 18.5. The van der Waals surface area contributed by atoms with Crippen molar-refractivity contribution in [2.75, 3.05) is 18.8 Å². The predicted molar refractivity (Wildman–Crippen MR) is 106 cm³/mol. The van der Waals surface area contributed by atoms with Gasteiger partial charge in [-0.3, -0.25) is 9.59 Å². The van der Waals surface area contributed by atoms with Crippen LogP contribution in [0, 0.1) is 0 Å². The topological polar surface area (TPSA) is 37.4 Å². The minimum absolute atomic E-state index is 0.00863. The van der Waals surface area contributed by atoms with E-state index in [9.17, 15) is 9.59 Å². The summed E-state index contributed by atoms with van der Waals surface area (Å²) in [5.41, 5.74) is 0.612. The van der Waals surface area contributed by atoms with Gasteiger partial charge < -0.3 is 4.90 Å². The molecule has 3 nitrogen and oxygen atoms in total. The zero-order chi connectivity index (χ0) is 17.6. The number of halogens is 1. The summed E-state index contributed by atoms with van der Waals surface area (Å²) in [6.07, 6.45) is 1.50. The first-order chi connectivity index (χ1) is 12.1. The third-order valence-electron chi connectivity index (χ3n) is 4.29. The molecule has 1 unspecified atom stereocenters. The molecule has 0 saturated carbocycles. The lowest BCUT2D eigenvalue weighted by Gasteiger charge is -2.20. The van der Waals surface area contributed by atoms with E-state index in [4.69, 9.17) is 11.6 Å². The van der Waals surface area contributed by atoms with Gasteiger partial charge in [-0.2, -0.15) is 11.8 Å². The van der Waals surface area contributed by atoms with E-state index >= 15 is 0 Å². The molecular weight excluding hydrogens is 374 g/mol. The predicted octanol–water partition coefficient (Wildman–Crippen LogP) is 5.07. The van der Waals surface area contributed by atoms with Gasteiger partial charge in [-0.1, -0.05) is 17.7 Å². The second-order valence-corrected chi connectivity index (χ2v) is 8.70. The first-order valence-corrected chi connectivity index (χ1v) is 10.7. The number of hydrogen-bond donors (Lipinski definition) is 0. The smallest absolute Gasteiger partial charge is 0.223 e. The summed E-state index contributed by atoms with van der Waals surface area (Å²) in [4.78, 5) is 28.0. The highest BCUT2D eigenvalue weighted by Gasteiger charge is 2.23. The van der Waals surface area contributed by atoms with Crippen LogP contribution in [0.5, 0.6) is 0 Å². The fourth-order valence-electron chi connectivity index (χ4n) is 2.88. The Labute approximate surface area is 161 Å². The van der Waals surface area contributed by atoms with Crippen LogP contribution < -0.4 is 0 Å². The molecule has 0 radical (unpaired) electrons. The van der Waals surface area contributed by atoms with Gasteiger partial charge in [-0.15, -0.1) is 11.3 Å². The molecule has 0 N–H and O–H groups in total. The summed E-state index contributed by atoms with van der Waals surface area (Å²) in [6, 6.07) is 11.1. The van der Waals surface area contributed by atoms with Gasteiger partial charge in [0.15, 0.2) is 5.78 Å². The molecule has 6 heteroatoms. The Hall–Kier alpha value is -1.30. The number of amides is 1. The van der Waals surface area contributed by atoms with E-state index in [-0.39, 0.29) is 24.5 Å². The second kappa shape index (κ2) is 8.88. The molecule has 1 saturated heterocycles. The van der Waals surface area contributed by atoms with Gasteiger partial charge in [-0.25, -0.2) is 0 Å². The van der Waals surface area contributed by atoms with Crippen molar-refractivity contribution in [1.29, 1.82) is 0 Å². The van der Waals surface area contributed by atoms with Crippen molar-refractivity contribution in [3.63, 3.8) is 0 Å². The summed E-state index contributed by atoms with van der Waals surface area (Å²) >= 11 is 9.54. The quantitative estimate of drug-likeness (QED) is 0.665. The number of benzene rings is 1. The molecule has 1 aliphatic heterocycles. The Morgan fingerprint density at radius 1 is 1.12 bits per heavy atom. The second-order valence-electron chi connectivity index (χ2n) is 5.97. The molecule has 1 aromatic heterocycles. The molecule has 1 atom stereocenters. The SMILES string of the molecule is O=C(CCC(=O)N1CCSC(c2cccs2)CC1)c1ccc(Cl)cc1. The maximum atomic E-state index is 12.5. The summed E-state index contributed by atoms with van der Waals surface area (Å²) in [7, 11) is 0. The Bertz CT molecular complexity index is 716. The zero-order valence-corrected chi connectivity index (χ0v) is 16.2. The number of carbonyl (C=O) groups excluding carboxylic acids is 2. The minimum Gasteiger partial charge on any atom is -0.342 e. The summed E-state index contributed by atoms with van der Waals surface area (Å²) in [5.74, 6) is 1.01. The highest BCUT2D eigenvalue weighted by Crippen LogP contribution is 2.36. The molecule has 0 bridgehead atoms. The van der Waals surface area contributed by atoms with Crippen molar-refractivity contribution >= 4 is 46.4 Å². The average Bonchev–Trinajstić information content (AvgIpc) is 3.04. The van der Waals surface area contributed by atoms with Crippen LogP contribution in [0.2, 0.25) is 5.02 Å². The lowest BCUT2D eigenvalue weighted by atomic mass is 10.1.